The van der Waals surface area contributed by atoms with Crippen LogP contribution in [0.1, 0.15) is 16.6 Å². The Labute approximate surface area is 160 Å². The van der Waals surface area contributed by atoms with Crippen molar-refractivity contribution < 1.29 is 18.4 Å². The third kappa shape index (κ3) is 2.42. The second-order valence-electron chi connectivity index (χ2n) is 6.25. The fourth-order valence-electron chi connectivity index (χ4n) is 3.64. The summed E-state index contributed by atoms with van der Waals surface area (Å²) in [4.78, 5) is 42.5. The highest BCUT2D eigenvalue weighted by atomic mass is 32.2. The van der Waals surface area contributed by atoms with Crippen LogP contribution in [0.3, 0.4) is 0 Å². The molecule has 1 saturated heterocycles. The highest BCUT2D eigenvalue weighted by molar-refractivity contribution is 8.00. The molecule has 2 aliphatic rings. The molecule has 0 spiro atoms. The lowest BCUT2D eigenvalue weighted by Crippen LogP contribution is -2.32. The van der Waals surface area contributed by atoms with Crippen LogP contribution < -0.4 is 9.77 Å². The fraction of sp³-hybridized carbons (Fsp3) is 0.167. The Bertz CT molecular complexity index is 1100. The standard InChI is InChI=1S/C18H11FN2O4S2/c19-8-3-5-9(6-4-8)21-16(22)12-11(10-2-1-7-25-10)13-15(20-18(24)27-13)26-14(12)17(21)23/h1-7,11-12,14H,(H,20,24)/t11-,12-,14+/m0/s1. The molecule has 1 aromatic carbocycles. The van der Waals surface area contributed by atoms with E-state index in [4.69, 9.17) is 4.42 Å². The van der Waals surface area contributed by atoms with E-state index in [-0.39, 0.29) is 16.7 Å². The van der Waals surface area contributed by atoms with Crippen molar-refractivity contribution in [3.05, 3.63) is 68.8 Å². The van der Waals surface area contributed by atoms with Gasteiger partial charge in [-0.15, -0.1) is 0 Å². The highest BCUT2D eigenvalue weighted by Gasteiger charge is 2.57. The maximum atomic E-state index is 13.2. The number of aromatic amines is 1. The van der Waals surface area contributed by atoms with Gasteiger partial charge in [0.2, 0.25) is 11.8 Å². The lowest BCUT2D eigenvalue weighted by Gasteiger charge is -2.27. The zero-order valence-electron chi connectivity index (χ0n) is 13.5. The maximum Gasteiger partial charge on any atom is 0.305 e. The summed E-state index contributed by atoms with van der Waals surface area (Å²) in [6.07, 6.45) is 1.50. The predicted molar refractivity (Wildman–Crippen MR) is 97.5 cm³/mol. The van der Waals surface area contributed by atoms with Gasteiger partial charge in [0.05, 0.1) is 33.7 Å². The summed E-state index contributed by atoms with van der Waals surface area (Å²) in [6, 6.07) is 8.69. The molecule has 6 nitrogen and oxygen atoms in total. The van der Waals surface area contributed by atoms with Gasteiger partial charge in [-0.2, -0.15) is 0 Å². The van der Waals surface area contributed by atoms with E-state index in [1.165, 1.54) is 42.3 Å². The molecule has 2 aliphatic heterocycles. The van der Waals surface area contributed by atoms with Gasteiger partial charge in [-0.1, -0.05) is 23.1 Å². The molecule has 2 amide bonds. The van der Waals surface area contributed by atoms with Crippen molar-refractivity contribution in [2.24, 2.45) is 5.92 Å². The lowest BCUT2D eigenvalue weighted by atomic mass is 9.87. The van der Waals surface area contributed by atoms with Crippen molar-refractivity contribution in [3.8, 4) is 0 Å². The number of anilines is 1. The molecule has 2 aromatic heterocycles. The minimum Gasteiger partial charge on any atom is -0.469 e. The first kappa shape index (κ1) is 16.5. The number of imide groups is 1. The maximum absolute atomic E-state index is 13.2. The van der Waals surface area contributed by atoms with Crippen molar-refractivity contribution in [2.75, 3.05) is 4.90 Å². The predicted octanol–water partition coefficient (Wildman–Crippen LogP) is 2.96. The third-order valence-electron chi connectivity index (χ3n) is 4.76. The van der Waals surface area contributed by atoms with Crippen LogP contribution in [0.5, 0.6) is 0 Å². The molecule has 5 rings (SSSR count). The number of rotatable bonds is 2. The second kappa shape index (κ2) is 5.93. The first-order chi connectivity index (χ1) is 13.0. The Hall–Kier alpha value is -2.65. The average Bonchev–Trinajstić information content (AvgIpc) is 3.34. The number of carbonyl (C=O) groups excluding carboxylic acids is 2. The number of thioether (sulfide) groups is 1. The van der Waals surface area contributed by atoms with Crippen LogP contribution in [0.2, 0.25) is 0 Å². The Morgan fingerprint density at radius 1 is 1.07 bits per heavy atom. The van der Waals surface area contributed by atoms with E-state index in [0.717, 1.165) is 16.2 Å². The van der Waals surface area contributed by atoms with E-state index in [0.29, 0.717) is 21.4 Å². The molecule has 0 saturated carbocycles. The monoisotopic (exact) mass is 402 g/mol. The second-order valence-corrected chi connectivity index (χ2v) is 8.42. The van der Waals surface area contributed by atoms with Gasteiger partial charge in [0.1, 0.15) is 16.8 Å². The van der Waals surface area contributed by atoms with E-state index >= 15 is 0 Å². The number of nitrogens with zero attached hydrogens (tertiary/aromatic N) is 1. The van der Waals surface area contributed by atoms with Gasteiger partial charge >= 0.3 is 4.87 Å². The zero-order chi connectivity index (χ0) is 18.7. The Balaban J connectivity index is 1.64. The normalized spacial score (nSPS) is 24.2. The molecule has 1 fully saturated rings. The minimum absolute atomic E-state index is 0.237. The number of aromatic nitrogens is 1. The van der Waals surface area contributed by atoms with Crippen LogP contribution in [0.15, 0.2) is 56.9 Å². The molecular weight excluding hydrogens is 391 g/mol. The van der Waals surface area contributed by atoms with Crippen molar-refractivity contribution in [1.29, 1.82) is 0 Å². The van der Waals surface area contributed by atoms with Crippen LogP contribution in [-0.2, 0) is 9.59 Å². The van der Waals surface area contributed by atoms with Crippen LogP contribution in [0, 0.1) is 11.7 Å². The number of thiazole rings is 1. The summed E-state index contributed by atoms with van der Waals surface area (Å²) >= 11 is 2.21. The molecule has 3 atom stereocenters. The van der Waals surface area contributed by atoms with Gasteiger partial charge in [0.15, 0.2) is 0 Å². The molecule has 27 heavy (non-hydrogen) atoms. The number of nitrogens with one attached hydrogen (secondary N) is 1. The smallest absolute Gasteiger partial charge is 0.305 e. The topological polar surface area (TPSA) is 83.4 Å². The summed E-state index contributed by atoms with van der Waals surface area (Å²) in [5, 5.41) is -0.0924. The van der Waals surface area contributed by atoms with Crippen molar-refractivity contribution >= 4 is 40.6 Å². The number of benzene rings is 1. The minimum atomic E-state index is -0.697. The molecule has 9 heteroatoms. The Morgan fingerprint density at radius 3 is 2.56 bits per heavy atom. The van der Waals surface area contributed by atoms with Gasteiger partial charge in [0.25, 0.3) is 0 Å². The first-order valence-electron chi connectivity index (χ1n) is 8.11. The van der Waals surface area contributed by atoms with Crippen LogP contribution in [-0.4, -0.2) is 22.0 Å². The van der Waals surface area contributed by atoms with Gasteiger partial charge in [-0.25, -0.2) is 9.29 Å². The SMILES string of the molecule is O=C1[C@H]2[C@H](c3ccco3)c3sc(=O)[nH]c3S[C@H]2C(=O)N1c1ccc(F)cc1. The summed E-state index contributed by atoms with van der Waals surface area (Å²) in [7, 11) is 0. The number of furan rings is 1. The summed E-state index contributed by atoms with van der Waals surface area (Å²) in [5.41, 5.74) is 0.330. The molecule has 0 radical (unpaired) electrons. The third-order valence-corrected chi connectivity index (χ3v) is 7.16. The average molecular weight is 402 g/mol. The number of halogens is 1. The summed E-state index contributed by atoms with van der Waals surface area (Å²) < 4.78 is 18.8. The number of hydrogen-bond acceptors (Lipinski definition) is 6. The number of hydrogen-bond donors (Lipinski definition) is 1. The quantitative estimate of drug-likeness (QED) is 0.667. The first-order valence-corrected chi connectivity index (χ1v) is 9.80. The number of carbonyl (C=O) groups is 2. The molecule has 0 unspecified atom stereocenters. The van der Waals surface area contributed by atoms with Gasteiger partial charge in [-0.3, -0.25) is 14.4 Å². The van der Waals surface area contributed by atoms with E-state index in [9.17, 15) is 18.8 Å². The van der Waals surface area contributed by atoms with E-state index in [1.54, 1.807) is 12.1 Å². The van der Waals surface area contributed by atoms with E-state index < -0.39 is 22.9 Å². The van der Waals surface area contributed by atoms with Crippen LogP contribution in [0.4, 0.5) is 10.1 Å². The highest BCUT2D eigenvalue weighted by Crippen LogP contribution is 2.53. The van der Waals surface area contributed by atoms with Crippen molar-refractivity contribution in [2.45, 2.75) is 16.2 Å². The van der Waals surface area contributed by atoms with Crippen LogP contribution >= 0.6 is 23.1 Å². The lowest BCUT2D eigenvalue weighted by molar-refractivity contribution is -0.122. The number of H-pyrrole nitrogens is 1. The molecule has 0 bridgehead atoms. The van der Waals surface area contributed by atoms with Gasteiger partial charge in [-0.05, 0) is 36.4 Å². The largest absolute Gasteiger partial charge is 0.469 e. The Morgan fingerprint density at radius 2 is 1.85 bits per heavy atom. The molecule has 3 aromatic rings. The van der Waals surface area contributed by atoms with Crippen molar-refractivity contribution in [3.63, 3.8) is 0 Å². The number of amides is 2. The fourth-order valence-corrected chi connectivity index (χ4v) is 6.13. The van der Waals surface area contributed by atoms with E-state index in [2.05, 4.69) is 4.98 Å². The molecule has 1 N–H and O–H groups in total. The van der Waals surface area contributed by atoms with Crippen molar-refractivity contribution in [1.82, 2.24) is 4.98 Å². The Kier molecular flexibility index (Phi) is 3.63. The molecule has 0 aliphatic carbocycles. The summed E-state index contributed by atoms with van der Waals surface area (Å²) in [5.74, 6) is -1.89. The molecule has 4 heterocycles. The number of fused-ring (bicyclic) bond motifs is 2. The summed E-state index contributed by atoms with van der Waals surface area (Å²) in [6.45, 7) is 0. The molecular formula is C18H11FN2O4S2. The molecule has 136 valence electrons. The van der Waals surface area contributed by atoms with Gasteiger partial charge in [0, 0.05) is 0 Å². The van der Waals surface area contributed by atoms with Gasteiger partial charge < -0.3 is 9.40 Å². The zero-order valence-corrected chi connectivity index (χ0v) is 15.2. The van der Waals surface area contributed by atoms with E-state index in [1.807, 2.05) is 0 Å². The van der Waals surface area contributed by atoms with Crippen LogP contribution in [0.25, 0.3) is 0 Å².